The Kier molecular flexibility index (Phi) is 6.13. The molecule has 0 aliphatic heterocycles. The van der Waals surface area contributed by atoms with E-state index in [9.17, 15) is 18.3 Å². The zero-order valence-corrected chi connectivity index (χ0v) is 12.7. The summed E-state index contributed by atoms with van der Waals surface area (Å²) in [5, 5.41) is 18.6. The Hall–Kier alpha value is -1.64. The summed E-state index contributed by atoms with van der Waals surface area (Å²) in [5.41, 5.74) is -0.241. The van der Waals surface area contributed by atoms with Gasteiger partial charge in [0.2, 0.25) is 10.0 Å². The molecule has 0 radical (unpaired) electrons. The number of methoxy groups -OCH3 is 1. The third-order valence-electron chi connectivity index (χ3n) is 2.84. The number of hydrogen-bond acceptors (Lipinski definition) is 5. The van der Waals surface area contributed by atoms with Crippen LogP contribution in [0, 0.1) is 0 Å². The highest BCUT2D eigenvalue weighted by Gasteiger charge is 2.20. The molecule has 21 heavy (non-hydrogen) atoms. The third kappa shape index (κ3) is 4.69. The molecule has 0 amide bonds. The van der Waals surface area contributed by atoms with E-state index in [-0.39, 0.29) is 22.8 Å². The Morgan fingerprint density at radius 1 is 1.43 bits per heavy atom. The Labute approximate surface area is 123 Å². The van der Waals surface area contributed by atoms with E-state index in [1.54, 1.807) is 0 Å². The van der Waals surface area contributed by atoms with Crippen LogP contribution in [0.3, 0.4) is 0 Å². The van der Waals surface area contributed by atoms with E-state index in [0.29, 0.717) is 6.42 Å². The summed E-state index contributed by atoms with van der Waals surface area (Å²) in [6.07, 6.45) is 0.432. The van der Waals surface area contributed by atoms with Crippen LogP contribution < -0.4 is 9.46 Å². The van der Waals surface area contributed by atoms with Crippen LogP contribution >= 0.6 is 0 Å². The fourth-order valence-electron chi connectivity index (χ4n) is 1.75. The zero-order chi connectivity index (χ0) is 16.0. The number of ether oxygens (including phenoxy) is 1. The number of carbonyl (C=O) groups is 1. The zero-order valence-electron chi connectivity index (χ0n) is 11.9. The molecule has 0 spiro atoms. The quantitative estimate of drug-likeness (QED) is 0.654. The number of benzene rings is 1. The SMILES string of the molecule is CCCC(O)CNS(=O)(=O)c1ccc(OC)c(C(=O)O)c1. The lowest BCUT2D eigenvalue weighted by atomic mass is 10.2. The second-order valence-corrected chi connectivity index (χ2v) is 6.23. The van der Waals surface area contributed by atoms with Crippen molar-refractivity contribution in [3.05, 3.63) is 23.8 Å². The van der Waals surface area contributed by atoms with Crippen molar-refractivity contribution in [3.63, 3.8) is 0 Å². The van der Waals surface area contributed by atoms with Gasteiger partial charge in [-0.2, -0.15) is 0 Å². The van der Waals surface area contributed by atoms with Crippen LogP contribution in [0.4, 0.5) is 0 Å². The predicted molar refractivity (Wildman–Crippen MR) is 76.1 cm³/mol. The first-order valence-electron chi connectivity index (χ1n) is 6.41. The maximum Gasteiger partial charge on any atom is 0.339 e. The number of aliphatic hydroxyl groups excluding tert-OH is 1. The van der Waals surface area contributed by atoms with Gasteiger partial charge in [0, 0.05) is 6.54 Å². The highest BCUT2D eigenvalue weighted by molar-refractivity contribution is 7.89. The summed E-state index contributed by atoms with van der Waals surface area (Å²) in [6.45, 7) is 1.75. The Bertz CT molecular complexity index is 599. The van der Waals surface area contributed by atoms with Crippen LogP contribution in [0.25, 0.3) is 0 Å². The van der Waals surface area contributed by atoms with Gasteiger partial charge in [0.25, 0.3) is 0 Å². The number of nitrogens with one attached hydrogen (secondary N) is 1. The van der Waals surface area contributed by atoms with Crippen LogP contribution in [0.15, 0.2) is 23.1 Å². The standard InChI is InChI=1S/C13H19NO6S/c1-3-4-9(15)8-14-21(18,19)10-5-6-12(20-2)11(7-10)13(16)17/h5-7,9,14-15H,3-4,8H2,1-2H3,(H,16,17). The van der Waals surface area contributed by atoms with Crippen molar-refractivity contribution in [2.24, 2.45) is 0 Å². The van der Waals surface area contributed by atoms with E-state index >= 15 is 0 Å². The minimum absolute atomic E-state index is 0.0764. The van der Waals surface area contributed by atoms with Crippen LogP contribution in [0.1, 0.15) is 30.1 Å². The van der Waals surface area contributed by atoms with E-state index in [1.807, 2.05) is 6.92 Å². The van der Waals surface area contributed by atoms with Crippen LogP contribution in [0.2, 0.25) is 0 Å². The topological polar surface area (TPSA) is 113 Å². The largest absolute Gasteiger partial charge is 0.496 e. The molecule has 1 rings (SSSR count). The number of aliphatic hydroxyl groups is 1. The number of carboxylic acids is 1. The van der Waals surface area contributed by atoms with Gasteiger partial charge in [0.15, 0.2) is 0 Å². The molecule has 0 heterocycles. The van der Waals surface area contributed by atoms with Gasteiger partial charge in [-0.15, -0.1) is 0 Å². The average molecular weight is 317 g/mol. The summed E-state index contributed by atoms with van der Waals surface area (Å²) in [5.74, 6) is -1.21. The van der Waals surface area contributed by atoms with Gasteiger partial charge in [0.05, 0.1) is 18.1 Å². The lowest BCUT2D eigenvalue weighted by Crippen LogP contribution is -2.32. The number of hydrogen-bond donors (Lipinski definition) is 3. The van der Waals surface area contributed by atoms with Crippen molar-refractivity contribution >= 4 is 16.0 Å². The molecule has 0 aliphatic carbocycles. The van der Waals surface area contributed by atoms with Crippen molar-refractivity contribution < 1.29 is 28.2 Å². The summed E-state index contributed by atoms with van der Waals surface area (Å²) in [4.78, 5) is 10.9. The van der Waals surface area contributed by atoms with Crippen molar-refractivity contribution in [2.45, 2.75) is 30.8 Å². The normalized spacial score (nSPS) is 12.9. The van der Waals surface area contributed by atoms with Crippen LogP contribution in [-0.4, -0.2) is 44.4 Å². The summed E-state index contributed by atoms with van der Waals surface area (Å²) >= 11 is 0. The highest BCUT2D eigenvalue weighted by atomic mass is 32.2. The Morgan fingerprint density at radius 3 is 2.62 bits per heavy atom. The van der Waals surface area contributed by atoms with Crippen molar-refractivity contribution in [3.8, 4) is 5.75 Å². The molecule has 8 heteroatoms. The van der Waals surface area contributed by atoms with E-state index in [1.165, 1.54) is 19.2 Å². The molecule has 1 unspecified atom stereocenters. The van der Waals surface area contributed by atoms with Crippen molar-refractivity contribution in [2.75, 3.05) is 13.7 Å². The summed E-state index contributed by atoms with van der Waals surface area (Å²) in [6, 6.07) is 3.55. The Balaban J connectivity index is 2.98. The van der Waals surface area contributed by atoms with Crippen LogP contribution in [-0.2, 0) is 10.0 Å². The van der Waals surface area contributed by atoms with Crippen LogP contribution in [0.5, 0.6) is 5.75 Å². The first-order chi connectivity index (χ1) is 9.81. The van der Waals surface area contributed by atoms with Gasteiger partial charge >= 0.3 is 5.97 Å². The second-order valence-electron chi connectivity index (χ2n) is 4.46. The molecule has 0 saturated carbocycles. The molecule has 0 aromatic heterocycles. The summed E-state index contributed by atoms with van der Waals surface area (Å²) < 4.78 is 31.2. The predicted octanol–water partition coefficient (Wildman–Crippen LogP) is 0.833. The van der Waals surface area contributed by atoms with Gasteiger partial charge < -0.3 is 14.9 Å². The molecule has 3 N–H and O–H groups in total. The molecular weight excluding hydrogens is 298 g/mol. The highest BCUT2D eigenvalue weighted by Crippen LogP contribution is 2.22. The van der Waals surface area contributed by atoms with Gasteiger partial charge in [-0.3, -0.25) is 0 Å². The fourth-order valence-corrected chi connectivity index (χ4v) is 2.84. The number of rotatable bonds is 8. The molecular formula is C13H19NO6S. The third-order valence-corrected chi connectivity index (χ3v) is 4.26. The van der Waals surface area contributed by atoms with Gasteiger partial charge in [0.1, 0.15) is 11.3 Å². The minimum atomic E-state index is -3.88. The van der Waals surface area contributed by atoms with E-state index in [0.717, 1.165) is 12.5 Å². The van der Waals surface area contributed by atoms with E-state index < -0.39 is 22.1 Å². The van der Waals surface area contributed by atoms with E-state index in [2.05, 4.69) is 4.72 Å². The smallest absolute Gasteiger partial charge is 0.339 e. The number of carboxylic acid groups (broad SMARTS) is 1. The molecule has 7 nitrogen and oxygen atoms in total. The second kappa shape index (κ2) is 7.39. The summed E-state index contributed by atoms with van der Waals surface area (Å²) in [7, 11) is -2.58. The first kappa shape index (κ1) is 17.4. The van der Waals surface area contributed by atoms with Gasteiger partial charge in [-0.25, -0.2) is 17.9 Å². The molecule has 0 fully saturated rings. The van der Waals surface area contributed by atoms with Crippen molar-refractivity contribution in [1.82, 2.24) is 4.72 Å². The van der Waals surface area contributed by atoms with Crippen molar-refractivity contribution in [1.29, 1.82) is 0 Å². The van der Waals surface area contributed by atoms with Gasteiger partial charge in [-0.1, -0.05) is 13.3 Å². The Morgan fingerprint density at radius 2 is 2.10 bits per heavy atom. The monoisotopic (exact) mass is 317 g/mol. The first-order valence-corrected chi connectivity index (χ1v) is 7.89. The molecule has 0 bridgehead atoms. The molecule has 0 saturated heterocycles. The van der Waals surface area contributed by atoms with Gasteiger partial charge in [-0.05, 0) is 24.6 Å². The van der Waals surface area contributed by atoms with E-state index in [4.69, 9.17) is 9.84 Å². The minimum Gasteiger partial charge on any atom is -0.496 e. The molecule has 1 aromatic carbocycles. The maximum atomic E-state index is 12.1. The molecule has 0 aliphatic rings. The molecule has 1 atom stereocenters. The molecule has 118 valence electrons. The number of aromatic carboxylic acids is 1. The lowest BCUT2D eigenvalue weighted by Gasteiger charge is -2.12. The maximum absolute atomic E-state index is 12.1. The fraction of sp³-hybridized carbons (Fsp3) is 0.462. The number of sulfonamides is 1. The average Bonchev–Trinajstić information content (AvgIpc) is 2.44. The lowest BCUT2D eigenvalue weighted by molar-refractivity contribution is 0.0693. The molecule has 1 aromatic rings.